The number of anilines is 1. The van der Waals surface area contributed by atoms with Gasteiger partial charge in [-0.25, -0.2) is 0 Å². The lowest BCUT2D eigenvalue weighted by molar-refractivity contribution is -0.116. The second kappa shape index (κ2) is 7.02. The third kappa shape index (κ3) is 3.48. The van der Waals surface area contributed by atoms with Crippen molar-refractivity contribution in [2.75, 3.05) is 23.4 Å². The third-order valence-corrected chi connectivity index (χ3v) is 4.43. The summed E-state index contributed by atoms with van der Waals surface area (Å²) >= 11 is 1.91. The smallest absolute Gasteiger partial charge is 0.225 e. The van der Waals surface area contributed by atoms with Gasteiger partial charge in [-0.2, -0.15) is 11.8 Å². The van der Waals surface area contributed by atoms with Gasteiger partial charge in [-0.05, 0) is 18.2 Å². The van der Waals surface area contributed by atoms with Crippen LogP contribution in [0.5, 0.6) is 0 Å². The summed E-state index contributed by atoms with van der Waals surface area (Å²) in [6, 6.07) is 8.17. The molecule has 0 radical (unpaired) electrons. The van der Waals surface area contributed by atoms with Crippen molar-refractivity contribution in [2.45, 2.75) is 12.5 Å². The van der Waals surface area contributed by atoms with Crippen molar-refractivity contribution in [3.8, 4) is 0 Å². The molecule has 1 aromatic carbocycles. The predicted molar refractivity (Wildman–Crippen MR) is 87.9 cm³/mol. The van der Waals surface area contributed by atoms with Crippen molar-refractivity contribution in [1.82, 2.24) is 10.3 Å². The Kier molecular flexibility index (Phi) is 5.34. The monoisotopic (exact) mass is 311 g/mol. The van der Waals surface area contributed by atoms with Gasteiger partial charge in [-0.15, -0.1) is 12.4 Å². The highest BCUT2D eigenvalue weighted by Gasteiger charge is 2.17. The summed E-state index contributed by atoms with van der Waals surface area (Å²) in [5.41, 5.74) is 1.93. The van der Waals surface area contributed by atoms with Gasteiger partial charge in [0, 0.05) is 47.6 Å². The number of carbonyl (C=O) groups excluding carboxylic acids is 1. The number of carbonyl (C=O) groups is 1. The fourth-order valence-electron chi connectivity index (χ4n) is 2.37. The molecule has 0 spiro atoms. The maximum absolute atomic E-state index is 12.1. The Morgan fingerprint density at radius 2 is 2.30 bits per heavy atom. The lowest BCUT2D eigenvalue weighted by Gasteiger charge is -2.22. The number of halogens is 1. The lowest BCUT2D eigenvalue weighted by atomic mass is 10.2. The number of hydrogen-bond donors (Lipinski definition) is 3. The highest BCUT2D eigenvalue weighted by Crippen LogP contribution is 2.22. The fourth-order valence-corrected chi connectivity index (χ4v) is 3.32. The SMILES string of the molecule is Cl.O=C(CC1CSCCN1)Nc1cccc2[nH]ccc12. The summed E-state index contributed by atoms with van der Waals surface area (Å²) in [5.74, 6) is 2.23. The van der Waals surface area contributed by atoms with Gasteiger partial charge in [0.15, 0.2) is 0 Å². The molecule has 1 amide bonds. The van der Waals surface area contributed by atoms with E-state index in [1.165, 1.54) is 0 Å². The van der Waals surface area contributed by atoms with E-state index in [9.17, 15) is 4.79 Å². The Morgan fingerprint density at radius 3 is 3.10 bits per heavy atom. The first-order valence-corrected chi connectivity index (χ1v) is 7.65. The van der Waals surface area contributed by atoms with Crippen LogP contribution in [0.15, 0.2) is 30.5 Å². The molecule has 0 saturated carbocycles. The molecule has 6 heteroatoms. The van der Waals surface area contributed by atoms with Crippen molar-refractivity contribution in [3.05, 3.63) is 30.5 Å². The summed E-state index contributed by atoms with van der Waals surface area (Å²) in [6.45, 7) is 0.996. The van der Waals surface area contributed by atoms with E-state index in [1.807, 2.05) is 42.2 Å². The number of thioether (sulfide) groups is 1. The van der Waals surface area contributed by atoms with Gasteiger partial charge in [0.1, 0.15) is 0 Å². The molecular weight excluding hydrogens is 294 g/mol. The Bertz CT molecular complexity index is 581. The zero-order valence-electron chi connectivity index (χ0n) is 11.0. The zero-order chi connectivity index (χ0) is 13.1. The lowest BCUT2D eigenvalue weighted by Crippen LogP contribution is -2.39. The maximum atomic E-state index is 12.1. The molecule has 2 aromatic rings. The number of benzene rings is 1. The Labute approximate surface area is 128 Å². The Hall–Kier alpha value is -1.17. The van der Waals surface area contributed by atoms with Crippen molar-refractivity contribution in [3.63, 3.8) is 0 Å². The summed E-state index contributed by atoms with van der Waals surface area (Å²) in [5, 5.41) is 7.45. The minimum absolute atomic E-state index is 0. The summed E-state index contributed by atoms with van der Waals surface area (Å²) in [4.78, 5) is 15.2. The third-order valence-electron chi connectivity index (χ3n) is 3.30. The number of aromatic nitrogens is 1. The van der Waals surface area contributed by atoms with E-state index in [1.54, 1.807) is 0 Å². The molecule has 20 heavy (non-hydrogen) atoms. The van der Waals surface area contributed by atoms with Crippen LogP contribution in [-0.4, -0.2) is 35.0 Å². The minimum atomic E-state index is 0. The van der Waals surface area contributed by atoms with E-state index in [-0.39, 0.29) is 18.3 Å². The van der Waals surface area contributed by atoms with E-state index in [0.29, 0.717) is 12.5 Å². The standard InChI is InChI=1S/C14H17N3OS.ClH/c18-14(8-10-9-19-7-6-15-10)17-13-3-1-2-12-11(13)4-5-16-12;/h1-5,10,15-16H,6-9H2,(H,17,18);1H. The van der Waals surface area contributed by atoms with E-state index in [4.69, 9.17) is 0 Å². The van der Waals surface area contributed by atoms with Crippen LogP contribution in [0.2, 0.25) is 0 Å². The molecule has 108 valence electrons. The maximum Gasteiger partial charge on any atom is 0.225 e. The normalized spacial score (nSPS) is 18.5. The Morgan fingerprint density at radius 1 is 1.40 bits per heavy atom. The molecule has 1 saturated heterocycles. The van der Waals surface area contributed by atoms with Gasteiger partial charge in [0.05, 0.1) is 5.69 Å². The number of hydrogen-bond acceptors (Lipinski definition) is 3. The van der Waals surface area contributed by atoms with Crippen LogP contribution in [0.25, 0.3) is 10.9 Å². The molecule has 0 aliphatic carbocycles. The predicted octanol–water partition coefficient (Wildman–Crippen LogP) is 2.62. The molecule has 1 atom stereocenters. The number of rotatable bonds is 3. The average Bonchev–Trinajstić information content (AvgIpc) is 2.89. The number of amides is 1. The van der Waals surface area contributed by atoms with E-state index < -0.39 is 0 Å². The summed E-state index contributed by atoms with van der Waals surface area (Å²) < 4.78 is 0. The van der Waals surface area contributed by atoms with Gasteiger partial charge >= 0.3 is 0 Å². The highest BCUT2D eigenvalue weighted by atomic mass is 35.5. The average molecular weight is 312 g/mol. The number of aromatic amines is 1. The summed E-state index contributed by atoms with van der Waals surface area (Å²) in [6.07, 6.45) is 2.42. The minimum Gasteiger partial charge on any atom is -0.361 e. The second-order valence-electron chi connectivity index (χ2n) is 4.72. The van der Waals surface area contributed by atoms with Crippen molar-refractivity contribution in [2.24, 2.45) is 0 Å². The molecule has 1 unspecified atom stereocenters. The largest absolute Gasteiger partial charge is 0.361 e. The van der Waals surface area contributed by atoms with Gasteiger partial charge < -0.3 is 15.6 Å². The molecular formula is C14H18ClN3OS. The summed E-state index contributed by atoms with van der Waals surface area (Å²) in [7, 11) is 0. The quantitative estimate of drug-likeness (QED) is 0.817. The molecule has 4 nitrogen and oxygen atoms in total. The molecule has 1 aliphatic heterocycles. The molecule has 1 fully saturated rings. The van der Waals surface area contributed by atoms with Gasteiger partial charge in [-0.3, -0.25) is 4.79 Å². The van der Waals surface area contributed by atoms with Gasteiger partial charge in [0.2, 0.25) is 5.91 Å². The first kappa shape index (κ1) is 15.2. The van der Waals surface area contributed by atoms with Crippen molar-refractivity contribution >= 4 is 46.7 Å². The first-order valence-electron chi connectivity index (χ1n) is 6.50. The van der Waals surface area contributed by atoms with Crippen molar-refractivity contribution in [1.29, 1.82) is 0 Å². The van der Waals surface area contributed by atoms with Crippen molar-refractivity contribution < 1.29 is 4.79 Å². The van der Waals surface area contributed by atoms with Crippen LogP contribution in [0.3, 0.4) is 0 Å². The van der Waals surface area contributed by atoms with E-state index >= 15 is 0 Å². The molecule has 2 heterocycles. The van der Waals surface area contributed by atoms with Gasteiger partial charge in [-0.1, -0.05) is 6.07 Å². The number of nitrogens with one attached hydrogen (secondary N) is 3. The van der Waals surface area contributed by atoms with E-state index in [0.717, 1.165) is 34.6 Å². The van der Waals surface area contributed by atoms with Crippen LogP contribution in [0.1, 0.15) is 6.42 Å². The zero-order valence-corrected chi connectivity index (χ0v) is 12.7. The fraction of sp³-hybridized carbons (Fsp3) is 0.357. The van der Waals surface area contributed by atoms with Crippen LogP contribution in [-0.2, 0) is 4.79 Å². The molecule has 3 rings (SSSR count). The van der Waals surface area contributed by atoms with Crippen LogP contribution in [0, 0.1) is 0 Å². The van der Waals surface area contributed by atoms with Gasteiger partial charge in [0.25, 0.3) is 0 Å². The molecule has 1 aromatic heterocycles. The second-order valence-corrected chi connectivity index (χ2v) is 5.87. The molecule has 1 aliphatic rings. The number of fused-ring (bicyclic) bond motifs is 1. The first-order chi connectivity index (χ1) is 9.33. The van der Waals surface area contributed by atoms with Crippen LogP contribution < -0.4 is 10.6 Å². The highest BCUT2D eigenvalue weighted by molar-refractivity contribution is 7.99. The molecule has 3 N–H and O–H groups in total. The Balaban J connectivity index is 0.00000147. The topological polar surface area (TPSA) is 56.9 Å². The molecule has 0 bridgehead atoms. The van der Waals surface area contributed by atoms with Crippen LogP contribution >= 0.6 is 24.2 Å². The van der Waals surface area contributed by atoms with E-state index in [2.05, 4.69) is 15.6 Å². The van der Waals surface area contributed by atoms with Crippen LogP contribution in [0.4, 0.5) is 5.69 Å². The number of H-pyrrole nitrogens is 1.